The molecule has 0 bridgehead atoms. The molecule has 5 nitrogen and oxygen atoms in total. The van der Waals surface area contributed by atoms with Crippen molar-refractivity contribution < 1.29 is 17.9 Å². The third-order valence-electron chi connectivity index (χ3n) is 2.91. The smallest absolute Gasteiger partial charge is 0.343 e. The van der Waals surface area contributed by atoms with E-state index in [1.807, 2.05) is 0 Å². The van der Waals surface area contributed by atoms with Crippen LogP contribution >= 0.6 is 11.6 Å². The Morgan fingerprint density at radius 2 is 1.64 bits per heavy atom. The number of ether oxygens (including phenoxy) is 1. The number of esters is 1. The number of hydrogen-bond donors (Lipinski definition) is 0. The highest BCUT2D eigenvalue weighted by atomic mass is 35.5. The van der Waals surface area contributed by atoms with Gasteiger partial charge in [0.25, 0.3) is 0 Å². The molecule has 0 aliphatic heterocycles. The van der Waals surface area contributed by atoms with Crippen molar-refractivity contribution in [1.29, 1.82) is 0 Å². The van der Waals surface area contributed by atoms with Gasteiger partial charge in [0.2, 0.25) is 10.0 Å². The summed E-state index contributed by atoms with van der Waals surface area (Å²) in [5.41, 5.74) is 0.234. The summed E-state index contributed by atoms with van der Waals surface area (Å²) in [5, 5.41) is 0.322. The van der Waals surface area contributed by atoms with Crippen molar-refractivity contribution in [3.8, 4) is 5.75 Å². The average Bonchev–Trinajstić information content (AvgIpc) is 2.49. The van der Waals surface area contributed by atoms with Crippen LogP contribution in [0.1, 0.15) is 10.4 Å². The van der Waals surface area contributed by atoms with E-state index < -0.39 is 16.0 Å². The van der Waals surface area contributed by atoms with Crippen molar-refractivity contribution in [3.05, 3.63) is 59.1 Å². The third kappa shape index (κ3) is 3.47. The number of hydrogen-bond acceptors (Lipinski definition) is 4. The molecule has 2 aromatic carbocycles. The molecule has 2 rings (SSSR count). The lowest BCUT2D eigenvalue weighted by Crippen LogP contribution is -2.22. The summed E-state index contributed by atoms with van der Waals surface area (Å²) in [6, 6.07) is 12.1. The number of carbonyl (C=O) groups excluding carboxylic acids is 1. The van der Waals surface area contributed by atoms with Crippen LogP contribution in [0.5, 0.6) is 5.75 Å². The molecule has 0 N–H and O–H groups in total. The Hall–Kier alpha value is -1.89. The Morgan fingerprint density at radius 1 is 1.05 bits per heavy atom. The molecular formula is C15H14ClNO4S. The van der Waals surface area contributed by atoms with E-state index in [1.165, 1.54) is 38.4 Å². The van der Waals surface area contributed by atoms with Crippen LogP contribution in [0.4, 0.5) is 0 Å². The molecule has 0 aliphatic rings. The Labute approximate surface area is 134 Å². The zero-order valence-corrected chi connectivity index (χ0v) is 13.6. The van der Waals surface area contributed by atoms with Gasteiger partial charge in [-0.15, -0.1) is 0 Å². The van der Waals surface area contributed by atoms with Crippen molar-refractivity contribution in [3.63, 3.8) is 0 Å². The molecule has 0 aliphatic carbocycles. The quantitative estimate of drug-likeness (QED) is 0.634. The topological polar surface area (TPSA) is 63.7 Å². The molecule has 0 saturated carbocycles. The first-order chi connectivity index (χ1) is 10.3. The fourth-order valence-electron chi connectivity index (χ4n) is 1.66. The highest BCUT2D eigenvalue weighted by Gasteiger charge is 2.18. The van der Waals surface area contributed by atoms with E-state index in [0.29, 0.717) is 5.02 Å². The number of halogens is 1. The number of benzene rings is 2. The summed E-state index contributed by atoms with van der Waals surface area (Å²) in [6.07, 6.45) is 0. The SMILES string of the molecule is CN(C)S(=O)(=O)c1ccc(C(=O)Oc2ccccc2Cl)cc1. The molecule has 116 valence electrons. The maximum absolute atomic E-state index is 12.0. The van der Waals surface area contributed by atoms with Gasteiger partial charge in [-0.25, -0.2) is 17.5 Å². The van der Waals surface area contributed by atoms with Crippen molar-refractivity contribution >= 4 is 27.6 Å². The highest BCUT2D eigenvalue weighted by Crippen LogP contribution is 2.24. The standard InChI is InChI=1S/C15H14ClNO4S/c1-17(2)22(19,20)12-9-7-11(8-10-12)15(18)21-14-6-4-3-5-13(14)16/h3-10H,1-2H3. The maximum atomic E-state index is 12.0. The van der Waals surface area contributed by atoms with Gasteiger partial charge in [0.1, 0.15) is 5.75 Å². The van der Waals surface area contributed by atoms with E-state index in [1.54, 1.807) is 24.3 Å². The van der Waals surface area contributed by atoms with Crippen LogP contribution in [-0.2, 0) is 10.0 Å². The molecule has 0 amide bonds. The second-order valence-corrected chi connectivity index (χ2v) is 7.19. The minimum Gasteiger partial charge on any atom is -0.421 e. The molecule has 0 heterocycles. The average molecular weight is 340 g/mol. The lowest BCUT2D eigenvalue weighted by molar-refractivity contribution is 0.0734. The second kappa shape index (κ2) is 6.48. The Morgan fingerprint density at radius 3 is 2.18 bits per heavy atom. The number of para-hydroxylation sites is 1. The highest BCUT2D eigenvalue weighted by molar-refractivity contribution is 7.89. The third-order valence-corrected chi connectivity index (χ3v) is 5.05. The van der Waals surface area contributed by atoms with Gasteiger partial charge in [0, 0.05) is 14.1 Å². The van der Waals surface area contributed by atoms with Crippen LogP contribution in [0.3, 0.4) is 0 Å². The van der Waals surface area contributed by atoms with E-state index in [-0.39, 0.29) is 16.2 Å². The summed E-state index contributed by atoms with van der Waals surface area (Å²) in [5.74, 6) is -0.360. The van der Waals surface area contributed by atoms with E-state index in [2.05, 4.69) is 0 Å². The van der Waals surface area contributed by atoms with Gasteiger partial charge in [0.05, 0.1) is 15.5 Å². The first kappa shape index (κ1) is 16.5. The fourth-order valence-corrected chi connectivity index (χ4v) is 2.74. The van der Waals surface area contributed by atoms with Gasteiger partial charge >= 0.3 is 5.97 Å². The van der Waals surface area contributed by atoms with E-state index >= 15 is 0 Å². The molecule has 0 aromatic heterocycles. The Balaban J connectivity index is 2.21. The molecule has 7 heteroatoms. The van der Waals surface area contributed by atoms with Gasteiger partial charge in [-0.2, -0.15) is 0 Å². The van der Waals surface area contributed by atoms with Crippen LogP contribution in [0.2, 0.25) is 5.02 Å². The van der Waals surface area contributed by atoms with Crippen LogP contribution in [0.25, 0.3) is 0 Å². The fraction of sp³-hybridized carbons (Fsp3) is 0.133. The zero-order valence-electron chi connectivity index (χ0n) is 12.0. The Kier molecular flexibility index (Phi) is 4.85. The van der Waals surface area contributed by atoms with Crippen LogP contribution in [0.15, 0.2) is 53.4 Å². The lowest BCUT2D eigenvalue weighted by atomic mass is 10.2. The molecule has 0 fully saturated rings. The molecule has 2 aromatic rings. The van der Waals surface area contributed by atoms with Crippen molar-refractivity contribution in [1.82, 2.24) is 4.31 Å². The predicted octanol–water partition coefficient (Wildman–Crippen LogP) is 2.81. The molecular weight excluding hydrogens is 326 g/mol. The van der Waals surface area contributed by atoms with Gasteiger partial charge in [-0.05, 0) is 36.4 Å². The van der Waals surface area contributed by atoms with Gasteiger partial charge in [0.15, 0.2) is 0 Å². The van der Waals surface area contributed by atoms with Crippen molar-refractivity contribution in [2.45, 2.75) is 4.90 Å². The molecule has 0 atom stereocenters. The largest absolute Gasteiger partial charge is 0.421 e. The van der Waals surface area contributed by atoms with E-state index in [0.717, 1.165) is 4.31 Å². The number of sulfonamides is 1. The summed E-state index contributed by atoms with van der Waals surface area (Å²) in [6.45, 7) is 0. The first-order valence-electron chi connectivity index (χ1n) is 6.31. The zero-order chi connectivity index (χ0) is 16.3. The second-order valence-electron chi connectivity index (χ2n) is 4.63. The molecule has 0 spiro atoms. The van der Waals surface area contributed by atoms with Crippen molar-refractivity contribution in [2.75, 3.05) is 14.1 Å². The van der Waals surface area contributed by atoms with Crippen LogP contribution in [-0.4, -0.2) is 32.8 Å². The van der Waals surface area contributed by atoms with E-state index in [4.69, 9.17) is 16.3 Å². The van der Waals surface area contributed by atoms with Crippen LogP contribution in [0, 0.1) is 0 Å². The maximum Gasteiger partial charge on any atom is 0.343 e. The summed E-state index contributed by atoms with van der Waals surface area (Å²) < 4.78 is 30.2. The number of rotatable bonds is 4. The number of nitrogens with zero attached hydrogens (tertiary/aromatic N) is 1. The van der Waals surface area contributed by atoms with Gasteiger partial charge in [-0.3, -0.25) is 0 Å². The molecule has 0 unspecified atom stereocenters. The molecule has 0 radical (unpaired) electrons. The van der Waals surface area contributed by atoms with Gasteiger partial charge in [-0.1, -0.05) is 23.7 Å². The predicted molar refractivity (Wildman–Crippen MR) is 83.7 cm³/mol. The lowest BCUT2D eigenvalue weighted by Gasteiger charge is -2.11. The normalized spacial score (nSPS) is 11.5. The molecule has 0 saturated heterocycles. The first-order valence-corrected chi connectivity index (χ1v) is 8.13. The Bertz CT molecular complexity index is 785. The van der Waals surface area contributed by atoms with E-state index in [9.17, 15) is 13.2 Å². The summed E-state index contributed by atoms with van der Waals surface area (Å²) in [7, 11) is -0.646. The minimum absolute atomic E-state index is 0.104. The summed E-state index contributed by atoms with van der Waals surface area (Å²) in [4.78, 5) is 12.1. The monoisotopic (exact) mass is 339 g/mol. The van der Waals surface area contributed by atoms with Crippen LogP contribution < -0.4 is 4.74 Å². The minimum atomic E-state index is -3.52. The van der Waals surface area contributed by atoms with Crippen molar-refractivity contribution in [2.24, 2.45) is 0 Å². The van der Waals surface area contributed by atoms with Gasteiger partial charge < -0.3 is 4.74 Å². The number of carbonyl (C=O) groups is 1. The molecule has 22 heavy (non-hydrogen) atoms. The summed E-state index contributed by atoms with van der Waals surface area (Å²) >= 11 is 5.91.